The number of urea groups is 1. The SMILES string of the molecule is CN(C)C(=O)c1cccc(S(=O)(=O)c2ccc(NC(=O)NCc3ccncc3)cc2)c1. The molecule has 3 aromatic rings. The van der Waals surface area contributed by atoms with Crippen molar-refractivity contribution in [1.29, 1.82) is 0 Å². The van der Waals surface area contributed by atoms with Crippen LogP contribution < -0.4 is 10.6 Å². The van der Waals surface area contributed by atoms with Crippen molar-refractivity contribution in [2.24, 2.45) is 0 Å². The van der Waals surface area contributed by atoms with Crippen LogP contribution in [0.1, 0.15) is 15.9 Å². The zero-order valence-electron chi connectivity index (χ0n) is 17.1. The highest BCUT2D eigenvalue weighted by molar-refractivity contribution is 7.91. The highest BCUT2D eigenvalue weighted by Crippen LogP contribution is 2.23. The summed E-state index contributed by atoms with van der Waals surface area (Å²) >= 11 is 0. The normalized spacial score (nSPS) is 10.9. The number of sulfone groups is 1. The van der Waals surface area contributed by atoms with Gasteiger partial charge in [0, 0.05) is 44.3 Å². The van der Waals surface area contributed by atoms with E-state index in [-0.39, 0.29) is 21.3 Å². The number of benzene rings is 2. The van der Waals surface area contributed by atoms with Crippen molar-refractivity contribution >= 4 is 27.5 Å². The Morgan fingerprint density at radius 3 is 2.26 bits per heavy atom. The molecule has 0 bridgehead atoms. The van der Waals surface area contributed by atoms with Crippen molar-refractivity contribution in [2.75, 3.05) is 19.4 Å². The van der Waals surface area contributed by atoms with Crippen molar-refractivity contribution in [3.05, 3.63) is 84.2 Å². The Morgan fingerprint density at radius 1 is 0.935 bits per heavy atom. The fourth-order valence-corrected chi connectivity index (χ4v) is 4.07. The lowest BCUT2D eigenvalue weighted by molar-refractivity contribution is 0.0827. The Hall–Kier alpha value is -3.72. The lowest BCUT2D eigenvalue weighted by Gasteiger charge is -2.12. The second kappa shape index (κ2) is 9.40. The summed E-state index contributed by atoms with van der Waals surface area (Å²) in [5.74, 6) is -0.283. The summed E-state index contributed by atoms with van der Waals surface area (Å²) < 4.78 is 25.9. The van der Waals surface area contributed by atoms with Gasteiger partial charge in [-0.15, -0.1) is 0 Å². The molecule has 3 amide bonds. The molecule has 0 aliphatic carbocycles. The van der Waals surface area contributed by atoms with Crippen LogP contribution in [0.4, 0.5) is 10.5 Å². The fourth-order valence-electron chi connectivity index (χ4n) is 2.77. The minimum absolute atomic E-state index is 0.0241. The number of hydrogen-bond donors (Lipinski definition) is 2. The quantitative estimate of drug-likeness (QED) is 0.615. The van der Waals surface area contributed by atoms with Gasteiger partial charge in [0.25, 0.3) is 5.91 Å². The van der Waals surface area contributed by atoms with Crippen LogP contribution in [0, 0.1) is 0 Å². The molecule has 31 heavy (non-hydrogen) atoms. The van der Waals surface area contributed by atoms with E-state index in [0.717, 1.165) is 5.56 Å². The number of nitrogens with zero attached hydrogens (tertiary/aromatic N) is 2. The third-order valence-corrected chi connectivity index (χ3v) is 6.19. The molecule has 0 spiro atoms. The molecular weight excluding hydrogens is 416 g/mol. The van der Waals surface area contributed by atoms with Crippen LogP contribution in [0.2, 0.25) is 0 Å². The lowest BCUT2D eigenvalue weighted by Crippen LogP contribution is -2.28. The molecule has 0 radical (unpaired) electrons. The first-order valence-electron chi connectivity index (χ1n) is 9.38. The van der Waals surface area contributed by atoms with E-state index in [1.54, 1.807) is 44.7 Å². The molecule has 1 heterocycles. The molecule has 0 atom stereocenters. The molecule has 0 unspecified atom stereocenters. The van der Waals surface area contributed by atoms with Crippen LogP contribution >= 0.6 is 0 Å². The number of anilines is 1. The monoisotopic (exact) mass is 438 g/mol. The number of carbonyl (C=O) groups is 2. The summed E-state index contributed by atoms with van der Waals surface area (Å²) in [7, 11) is -0.618. The Morgan fingerprint density at radius 2 is 1.61 bits per heavy atom. The first-order valence-corrected chi connectivity index (χ1v) is 10.9. The van der Waals surface area contributed by atoms with Gasteiger partial charge < -0.3 is 15.5 Å². The van der Waals surface area contributed by atoms with Gasteiger partial charge in [0.2, 0.25) is 9.84 Å². The smallest absolute Gasteiger partial charge is 0.319 e. The van der Waals surface area contributed by atoms with Crippen LogP contribution in [0.15, 0.2) is 82.8 Å². The van der Waals surface area contributed by atoms with E-state index >= 15 is 0 Å². The Kier molecular flexibility index (Phi) is 6.66. The van der Waals surface area contributed by atoms with Gasteiger partial charge in [-0.25, -0.2) is 13.2 Å². The molecule has 3 rings (SSSR count). The number of carbonyl (C=O) groups excluding carboxylic acids is 2. The standard InChI is InChI=1S/C22H22N4O4S/c1-26(2)21(27)17-4-3-5-20(14-17)31(29,30)19-8-6-18(7-9-19)25-22(28)24-15-16-10-12-23-13-11-16/h3-14H,15H2,1-2H3,(H2,24,25,28). The minimum atomic E-state index is -3.82. The van der Waals surface area contributed by atoms with Gasteiger partial charge in [-0.1, -0.05) is 6.07 Å². The number of pyridine rings is 1. The van der Waals surface area contributed by atoms with Crippen LogP contribution in [-0.2, 0) is 16.4 Å². The molecule has 8 nitrogen and oxygen atoms in total. The predicted molar refractivity (Wildman–Crippen MR) is 116 cm³/mol. The van der Waals surface area contributed by atoms with E-state index in [2.05, 4.69) is 15.6 Å². The fraction of sp³-hybridized carbons (Fsp3) is 0.136. The second-order valence-electron chi connectivity index (χ2n) is 6.92. The van der Waals surface area contributed by atoms with E-state index in [4.69, 9.17) is 0 Å². The van der Waals surface area contributed by atoms with Crippen molar-refractivity contribution in [3.8, 4) is 0 Å². The predicted octanol–water partition coefficient (Wildman–Crippen LogP) is 2.94. The summed E-state index contributed by atoms with van der Waals surface area (Å²) in [6.07, 6.45) is 3.28. The number of hydrogen-bond acceptors (Lipinski definition) is 5. The second-order valence-corrected chi connectivity index (χ2v) is 8.87. The lowest BCUT2D eigenvalue weighted by atomic mass is 10.2. The van der Waals surface area contributed by atoms with E-state index < -0.39 is 15.9 Å². The number of amides is 3. The molecular formula is C22H22N4O4S. The first kappa shape index (κ1) is 22.0. The average Bonchev–Trinajstić information content (AvgIpc) is 2.78. The maximum Gasteiger partial charge on any atom is 0.319 e. The van der Waals surface area contributed by atoms with E-state index in [9.17, 15) is 18.0 Å². The largest absolute Gasteiger partial charge is 0.345 e. The number of aromatic nitrogens is 1. The van der Waals surface area contributed by atoms with Gasteiger partial charge in [-0.05, 0) is 60.2 Å². The van der Waals surface area contributed by atoms with Crippen molar-refractivity contribution < 1.29 is 18.0 Å². The Bertz CT molecular complexity index is 1180. The van der Waals surface area contributed by atoms with Gasteiger partial charge >= 0.3 is 6.03 Å². The Balaban J connectivity index is 1.69. The summed E-state index contributed by atoms with van der Waals surface area (Å²) in [6.45, 7) is 0.336. The first-order chi connectivity index (χ1) is 14.8. The highest BCUT2D eigenvalue weighted by Gasteiger charge is 2.20. The summed E-state index contributed by atoms with van der Waals surface area (Å²) in [6, 6.07) is 14.9. The van der Waals surface area contributed by atoms with Gasteiger partial charge in [-0.3, -0.25) is 9.78 Å². The summed E-state index contributed by atoms with van der Waals surface area (Å²) in [5, 5.41) is 5.37. The molecule has 1 aromatic heterocycles. The van der Waals surface area contributed by atoms with Gasteiger partial charge in [-0.2, -0.15) is 0 Å². The van der Waals surface area contributed by atoms with Crippen LogP contribution in [0.5, 0.6) is 0 Å². The molecule has 160 valence electrons. The molecule has 9 heteroatoms. The zero-order chi connectivity index (χ0) is 22.4. The van der Waals surface area contributed by atoms with E-state index in [1.165, 1.54) is 47.4 Å². The Labute approximate surface area is 180 Å². The summed E-state index contributed by atoms with van der Waals surface area (Å²) in [4.78, 5) is 29.6. The van der Waals surface area contributed by atoms with E-state index in [0.29, 0.717) is 12.2 Å². The maximum atomic E-state index is 12.9. The van der Waals surface area contributed by atoms with Crippen LogP contribution in [0.25, 0.3) is 0 Å². The van der Waals surface area contributed by atoms with E-state index in [1.807, 2.05) is 0 Å². The third-order valence-electron chi connectivity index (χ3n) is 4.42. The van der Waals surface area contributed by atoms with Crippen LogP contribution in [-0.4, -0.2) is 44.3 Å². The molecule has 2 aromatic carbocycles. The van der Waals surface area contributed by atoms with Crippen LogP contribution in [0.3, 0.4) is 0 Å². The topological polar surface area (TPSA) is 108 Å². The molecule has 0 saturated carbocycles. The molecule has 0 saturated heterocycles. The molecule has 0 aliphatic rings. The van der Waals surface area contributed by atoms with Crippen molar-refractivity contribution in [3.63, 3.8) is 0 Å². The average molecular weight is 439 g/mol. The molecule has 0 aliphatic heterocycles. The van der Waals surface area contributed by atoms with Gasteiger partial charge in [0.1, 0.15) is 0 Å². The molecule has 2 N–H and O–H groups in total. The third kappa shape index (κ3) is 5.46. The zero-order valence-corrected chi connectivity index (χ0v) is 17.9. The number of nitrogens with one attached hydrogen (secondary N) is 2. The maximum absolute atomic E-state index is 12.9. The number of rotatable bonds is 6. The van der Waals surface area contributed by atoms with Gasteiger partial charge in [0.05, 0.1) is 9.79 Å². The van der Waals surface area contributed by atoms with Crippen molar-refractivity contribution in [2.45, 2.75) is 16.3 Å². The van der Waals surface area contributed by atoms with Gasteiger partial charge in [0.15, 0.2) is 0 Å². The van der Waals surface area contributed by atoms with Crippen molar-refractivity contribution in [1.82, 2.24) is 15.2 Å². The highest BCUT2D eigenvalue weighted by atomic mass is 32.2. The molecule has 0 fully saturated rings. The summed E-state index contributed by atoms with van der Waals surface area (Å²) in [5.41, 5.74) is 1.64. The minimum Gasteiger partial charge on any atom is -0.345 e.